The molecule has 28 heavy (non-hydrogen) atoms. The Labute approximate surface area is 171 Å². The fraction of sp³-hybridized carbons (Fsp3) is 0.957. The summed E-state index contributed by atoms with van der Waals surface area (Å²) in [6.07, 6.45) is 12.8. The lowest BCUT2D eigenvalue weighted by molar-refractivity contribution is -0.131. The predicted octanol–water partition coefficient (Wildman–Crippen LogP) is 2.99. The molecule has 3 aliphatic heterocycles. The van der Waals surface area contributed by atoms with Crippen molar-refractivity contribution in [3.05, 3.63) is 0 Å². The van der Waals surface area contributed by atoms with Gasteiger partial charge in [0.15, 0.2) is 0 Å². The molecule has 0 N–H and O–H groups in total. The van der Waals surface area contributed by atoms with Gasteiger partial charge >= 0.3 is 0 Å². The van der Waals surface area contributed by atoms with Crippen molar-refractivity contribution in [3.63, 3.8) is 0 Å². The van der Waals surface area contributed by atoms with Crippen molar-refractivity contribution in [3.8, 4) is 0 Å². The highest BCUT2D eigenvalue weighted by Crippen LogP contribution is 2.40. The van der Waals surface area contributed by atoms with Gasteiger partial charge in [0.25, 0.3) is 0 Å². The summed E-state index contributed by atoms with van der Waals surface area (Å²) in [6, 6.07) is 0. The van der Waals surface area contributed by atoms with Crippen LogP contribution < -0.4 is 0 Å². The van der Waals surface area contributed by atoms with Crippen LogP contribution >= 0.6 is 0 Å². The van der Waals surface area contributed by atoms with E-state index >= 15 is 0 Å². The minimum Gasteiger partial charge on any atom is -0.379 e. The van der Waals surface area contributed by atoms with E-state index in [1.165, 1.54) is 71.0 Å². The van der Waals surface area contributed by atoms with Gasteiger partial charge in [0.05, 0.1) is 13.2 Å². The molecule has 0 aromatic carbocycles. The lowest BCUT2D eigenvalue weighted by Gasteiger charge is -2.42. The highest BCUT2D eigenvalue weighted by atomic mass is 16.5. The van der Waals surface area contributed by atoms with E-state index in [-0.39, 0.29) is 0 Å². The summed E-state index contributed by atoms with van der Waals surface area (Å²) in [7, 11) is 0. The first kappa shape index (κ1) is 20.6. The van der Waals surface area contributed by atoms with E-state index in [0.29, 0.717) is 11.3 Å². The van der Waals surface area contributed by atoms with Gasteiger partial charge in [-0.2, -0.15) is 0 Å². The van der Waals surface area contributed by atoms with Crippen molar-refractivity contribution in [2.24, 2.45) is 11.3 Å². The number of carbonyl (C=O) groups is 1. The molecule has 0 aromatic rings. The Morgan fingerprint density at radius 3 is 2.54 bits per heavy atom. The van der Waals surface area contributed by atoms with Crippen molar-refractivity contribution in [2.45, 2.75) is 64.2 Å². The van der Waals surface area contributed by atoms with Gasteiger partial charge in [-0.1, -0.05) is 19.3 Å². The van der Waals surface area contributed by atoms with Gasteiger partial charge in [0, 0.05) is 51.1 Å². The standard InChI is InChI=1S/C23H41N3O2/c27-22(8-4-11-24-14-16-28-17-15-24)26-13-10-23(20-26)9-5-12-25(19-23)18-21-6-2-1-3-7-21/h21H,1-20H2/t23-/m1/s1. The molecule has 1 aliphatic carbocycles. The molecular formula is C23H41N3O2. The van der Waals surface area contributed by atoms with E-state index in [4.69, 9.17) is 4.74 Å². The van der Waals surface area contributed by atoms with Crippen LogP contribution in [-0.2, 0) is 9.53 Å². The maximum atomic E-state index is 12.8. The second kappa shape index (κ2) is 9.90. The molecule has 1 amide bonds. The summed E-state index contributed by atoms with van der Waals surface area (Å²) in [6.45, 7) is 10.6. The average Bonchev–Trinajstić information content (AvgIpc) is 3.13. The summed E-state index contributed by atoms with van der Waals surface area (Å²) < 4.78 is 5.41. The van der Waals surface area contributed by atoms with E-state index in [2.05, 4.69) is 14.7 Å². The van der Waals surface area contributed by atoms with Crippen LogP contribution in [0.15, 0.2) is 0 Å². The second-order valence-corrected chi connectivity index (χ2v) is 9.97. The van der Waals surface area contributed by atoms with Crippen molar-refractivity contribution >= 4 is 5.91 Å². The van der Waals surface area contributed by atoms with Crippen LogP contribution in [0.4, 0.5) is 0 Å². The van der Waals surface area contributed by atoms with Crippen molar-refractivity contribution < 1.29 is 9.53 Å². The number of ether oxygens (including phenoxy) is 1. The van der Waals surface area contributed by atoms with Gasteiger partial charge < -0.3 is 14.5 Å². The molecule has 0 unspecified atom stereocenters. The molecule has 160 valence electrons. The Hall–Kier alpha value is -0.650. The van der Waals surface area contributed by atoms with Crippen LogP contribution in [0.5, 0.6) is 0 Å². The van der Waals surface area contributed by atoms with E-state index in [0.717, 1.165) is 64.7 Å². The minimum atomic E-state index is 0.396. The molecule has 0 bridgehead atoms. The molecule has 3 saturated heterocycles. The van der Waals surface area contributed by atoms with Crippen LogP contribution in [0, 0.1) is 11.3 Å². The zero-order valence-electron chi connectivity index (χ0n) is 17.9. The largest absolute Gasteiger partial charge is 0.379 e. The molecule has 4 rings (SSSR count). The van der Waals surface area contributed by atoms with E-state index in [1.54, 1.807) is 0 Å². The SMILES string of the molecule is O=C(CCCN1CCOCC1)N1CC[C@@]2(CCCN(CC3CCCCC3)C2)C1. The highest BCUT2D eigenvalue weighted by Gasteiger charge is 2.42. The summed E-state index contributed by atoms with van der Waals surface area (Å²) >= 11 is 0. The Balaban J connectivity index is 1.20. The summed E-state index contributed by atoms with van der Waals surface area (Å²) in [5.41, 5.74) is 0.396. The summed E-state index contributed by atoms with van der Waals surface area (Å²) in [5, 5.41) is 0. The zero-order chi connectivity index (χ0) is 19.2. The monoisotopic (exact) mass is 391 g/mol. The first-order valence-electron chi connectivity index (χ1n) is 12.0. The minimum absolute atomic E-state index is 0.396. The average molecular weight is 392 g/mol. The van der Waals surface area contributed by atoms with Crippen molar-refractivity contribution in [2.75, 3.05) is 65.6 Å². The normalized spacial score (nSPS) is 30.9. The van der Waals surface area contributed by atoms with Gasteiger partial charge in [-0.25, -0.2) is 0 Å². The van der Waals surface area contributed by atoms with E-state index in [9.17, 15) is 4.79 Å². The number of morpholine rings is 1. The second-order valence-electron chi connectivity index (χ2n) is 9.97. The molecule has 4 aliphatic rings. The predicted molar refractivity (Wildman–Crippen MR) is 112 cm³/mol. The fourth-order valence-electron chi connectivity index (χ4n) is 6.12. The molecule has 0 aromatic heterocycles. The summed E-state index contributed by atoms with van der Waals surface area (Å²) in [5.74, 6) is 1.33. The first-order chi connectivity index (χ1) is 13.7. The van der Waals surface area contributed by atoms with Crippen molar-refractivity contribution in [1.82, 2.24) is 14.7 Å². The van der Waals surface area contributed by atoms with E-state index in [1.807, 2.05) is 0 Å². The molecule has 3 heterocycles. The highest BCUT2D eigenvalue weighted by molar-refractivity contribution is 5.76. The zero-order valence-corrected chi connectivity index (χ0v) is 17.9. The van der Waals surface area contributed by atoms with Crippen LogP contribution in [0.3, 0.4) is 0 Å². The quantitative estimate of drug-likeness (QED) is 0.697. The third-order valence-corrected chi connectivity index (χ3v) is 7.74. The lowest BCUT2D eigenvalue weighted by Crippen LogP contribution is -2.47. The molecule has 5 heteroatoms. The number of nitrogens with zero attached hydrogens (tertiary/aromatic N) is 3. The topological polar surface area (TPSA) is 36.0 Å². The molecule has 1 spiro atoms. The molecule has 1 saturated carbocycles. The molecular weight excluding hydrogens is 350 g/mol. The number of amides is 1. The molecule has 5 nitrogen and oxygen atoms in total. The number of hydrogen-bond donors (Lipinski definition) is 0. The van der Waals surface area contributed by atoms with Gasteiger partial charge in [0.2, 0.25) is 5.91 Å². The third-order valence-electron chi connectivity index (χ3n) is 7.74. The van der Waals surface area contributed by atoms with Crippen LogP contribution in [0.25, 0.3) is 0 Å². The van der Waals surface area contributed by atoms with Gasteiger partial charge in [0.1, 0.15) is 0 Å². The Morgan fingerprint density at radius 2 is 1.71 bits per heavy atom. The number of carbonyl (C=O) groups excluding carboxylic acids is 1. The van der Waals surface area contributed by atoms with Crippen LogP contribution in [0.1, 0.15) is 64.2 Å². The molecule has 1 atom stereocenters. The smallest absolute Gasteiger partial charge is 0.222 e. The Kier molecular flexibility index (Phi) is 7.29. The fourth-order valence-corrected chi connectivity index (χ4v) is 6.12. The number of rotatable bonds is 6. The molecule has 0 radical (unpaired) electrons. The number of hydrogen-bond acceptors (Lipinski definition) is 4. The van der Waals surface area contributed by atoms with Gasteiger partial charge in [-0.05, 0) is 57.5 Å². The number of piperidine rings is 1. The molecule has 4 fully saturated rings. The van der Waals surface area contributed by atoms with Gasteiger partial charge in [-0.3, -0.25) is 9.69 Å². The van der Waals surface area contributed by atoms with Crippen molar-refractivity contribution in [1.29, 1.82) is 0 Å². The third kappa shape index (κ3) is 5.48. The van der Waals surface area contributed by atoms with E-state index < -0.39 is 0 Å². The maximum Gasteiger partial charge on any atom is 0.222 e. The Bertz CT molecular complexity index is 502. The number of likely N-dealkylation sites (tertiary alicyclic amines) is 2. The Morgan fingerprint density at radius 1 is 0.893 bits per heavy atom. The maximum absolute atomic E-state index is 12.8. The van der Waals surface area contributed by atoms with Crippen LogP contribution in [0.2, 0.25) is 0 Å². The first-order valence-corrected chi connectivity index (χ1v) is 12.0. The van der Waals surface area contributed by atoms with Gasteiger partial charge in [-0.15, -0.1) is 0 Å². The lowest BCUT2D eigenvalue weighted by atomic mass is 9.78. The van der Waals surface area contributed by atoms with Crippen LogP contribution in [-0.4, -0.2) is 86.2 Å². The summed E-state index contributed by atoms with van der Waals surface area (Å²) in [4.78, 5) is 20.2.